The minimum atomic E-state index is -1.92. The Hall–Kier alpha value is -2.46. The van der Waals surface area contributed by atoms with Gasteiger partial charge in [-0.15, -0.1) is 4.72 Å². The van der Waals surface area contributed by atoms with Crippen LogP contribution in [-0.2, 0) is 26.8 Å². The Morgan fingerprint density at radius 2 is 1.58 bits per heavy atom. The molecule has 0 saturated heterocycles. The zero-order valence-electron chi connectivity index (χ0n) is 32.4. The molecule has 1 aliphatic rings. The van der Waals surface area contributed by atoms with Crippen LogP contribution >= 0.6 is 0 Å². The lowest BCUT2D eigenvalue weighted by atomic mass is 9.76. The van der Waals surface area contributed by atoms with Gasteiger partial charge in [-0.25, -0.2) is 14.6 Å². The normalized spacial score (nSPS) is 19.0. The Morgan fingerprint density at radius 1 is 0.900 bits per heavy atom. The van der Waals surface area contributed by atoms with E-state index in [1.807, 2.05) is 56.0 Å². The van der Waals surface area contributed by atoms with Crippen LogP contribution in [0, 0.1) is 5.92 Å². The molecule has 50 heavy (non-hydrogen) atoms. The van der Waals surface area contributed by atoms with Crippen molar-refractivity contribution in [2.24, 2.45) is 5.92 Å². The molecule has 0 bridgehead atoms. The van der Waals surface area contributed by atoms with E-state index in [1.165, 1.54) is 0 Å². The molecule has 0 amide bonds. The second-order valence-electron chi connectivity index (χ2n) is 17.9. The maximum Gasteiger partial charge on any atom is 0.192 e. The summed E-state index contributed by atoms with van der Waals surface area (Å²) in [7, 11) is -3.81. The summed E-state index contributed by atoms with van der Waals surface area (Å²) in [6.45, 7) is 29.1. The van der Waals surface area contributed by atoms with E-state index in [0.29, 0.717) is 6.61 Å². The summed E-state index contributed by atoms with van der Waals surface area (Å²) in [6, 6.07) is 12.0. The lowest BCUT2D eigenvalue weighted by Crippen LogP contribution is -2.51. The second-order valence-corrected chi connectivity index (χ2v) is 29.5. The molecule has 1 aromatic carbocycles. The van der Waals surface area contributed by atoms with Crippen LogP contribution in [0.3, 0.4) is 0 Å². The van der Waals surface area contributed by atoms with Crippen molar-refractivity contribution in [1.82, 2.24) is 29.5 Å². The predicted molar refractivity (Wildman–Crippen MR) is 210 cm³/mol. The highest BCUT2D eigenvalue weighted by atomic mass is 32.2. The van der Waals surface area contributed by atoms with Crippen molar-refractivity contribution in [3.05, 3.63) is 66.4 Å². The van der Waals surface area contributed by atoms with Gasteiger partial charge >= 0.3 is 0 Å². The van der Waals surface area contributed by atoms with Gasteiger partial charge in [-0.05, 0) is 94.0 Å². The molecule has 1 saturated carbocycles. The van der Waals surface area contributed by atoms with Gasteiger partial charge in [-0.3, -0.25) is 4.98 Å². The quantitative estimate of drug-likeness (QED) is 0.120. The zero-order valence-corrected chi connectivity index (χ0v) is 35.2. The summed E-state index contributed by atoms with van der Waals surface area (Å²) in [5.41, 5.74) is 4.28. The summed E-state index contributed by atoms with van der Waals surface area (Å²) in [4.78, 5) is 14.7. The maximum atomic E-state index is 13.4. The summed E-state index contributed by atoms with van der Waals surface area (Å²) < 4.78 is 31.5. The Morgan fingerprint density at radius 3 is 2.22 bits per heavy atom. The highest BCUT2D eigenvalue weighted by Crippen LogP contribution is 2.45. The van der Waals surface area contributed by atoms with E-state index < -0.39 is 32.7 Å². The van der Waals surface area contributed by atoms with Crippen molar-refractivity contribution in [3.63, 3.8) is 0 Å². The minimum Gasteiger partial charge on any atom is -0.598 e. The van der Waals surface area contributed by atoms with E-state index in [9.17, 15) is 4.55 Å². The highest BCUT2D eigenvalue weighted by molar-refractivity contribution is 7.90. The Labute approximate surface area is 305 Å². The van der Waals surface area contributed by atoms with E-state index in [-0.39, 0.29) is 28.1 Å². The number of hydrogen-bond donors (Lipinski definition) is 1. The van der Waals surface area contributed by atoms with Crippen LogP contribution in [0.4, 0.5) is 0 Å². The lowest BCUT2D eigenvalue weighted by Gasteiger charge is -2.46. The average Bonchev–Trinajstić information content (AvgIpc) is 3.43. The van der Waals surface area contributed by atoms with Crippen LogP contribution in [0.1, 0.15) is 92.6 Å². The number of nitrogens with one attached hydrogen (secondary N) is 1. The summed E-state index contributed by atoms with van der Waals surface area (Å²) >= 11 is -1.28. The molecule has 0 spiro atoms. The molecule has 9 nitrogen and oxygen atoms in total. The van der Waals surface area contributed by atoms with Crippen molar-refractivity contribution in [2.45, 2.75) is 135 Å². The smallest absolute Gasteiger partial charge is 0.192 e. The first-order valence-electron chi connectivity index (χ1n) is 17.8. The Bertz CT molecular complexity index is 1790. The maximum absolute atomic E-state index is 13.4. The molecule has 2 atom stereocenters. The van der Waals surface area contributed by atoms with Gasteiger partial charge in [0.1, 0.15) is 4.75 Å². The SMILES string of the molecule is CC(C)(C)[S@@+]([O-])NC(c1cncc(-c2ccc3cnn(-c4cccc(CO[Si](C)(C)C(C)(C)C)n4)c3c2)n1)[C@H]1C[C@@H](O[Si](C)(C)C(C)(C)C)C1. The first-order valence-corrected chi connectivity index (χ1v) is 24.8. The fourth-order valence-electron chi connectivity index (χ4n) is 5.42. The van der Waals surface area contributed by atoms with Gasteiger partial charge in [-0.2, -0.15) is 5.10 Å². The highest BCUT2D eigenvalue weighted by Gasteiger charge is 2.46. The van der Waals surface area contributed by atoms with E-state index in [0.717, 1.165) is 52.2 Å². The van der Waals surface area contributed by atoms with Crippen molar-refractivity contribution in [3.8, 4) is 17.1 Å². The van der Waals surface area contributed by atoms with Crippen molar-refractivity contribution >= 4 is 38.9 Å². The summed E-state index contributed by atoms with van der Waals surface area (Å²) in [6.07, 6.45) is 7.48. The molecule has 4 aromatic rings. The second kappa shape index (κ2) is 14.2. The third kappa shape index (κ3) is 8.59. The van der Waals surface area contributed by atoms with Crippen molar-refractivity contribution in [1.29, 1.82) is 0 Å². The largest absolute Gasteiger partial charge is 0.598 e. The number of fused-ring (bicyclic) bond motifs is 1. The molecule has 12 heteroatoms. The van der Waals surface area contributed by atoms with E-state index >= 15 is 0 Å². The molecule has 0 radical (unpaired) electrons. The summed E-state index contributed by atoms with van der Waals surface area (Å²) in [5, 5.41) is 5.99. The molecule has 1 unspecified atom stereocenters. The third-order valence-corrected chi connectivity index (χ3v) is 21.5. The van der Waals surface area contributed by atoms with Crippen molar-refractivity contribution < 1.29 is 13.4 Å². The van der Waals surface area contributed by atoms with Crippen LogP contribution in [0.2, 0.25) is 36.3 Å². The van der Waals surface area contributed by atoms with Gasteiger partial charge < -0.3 is 13.4 Å². The third-order valence-electron chi connectivity index (χ3n) is 10.9. The van der Waals surface area contributed by atoms with Gasteiger partial charge in [0, 0.05) is 28.4 Å². The molecule has 272 valence electrons. The van der Waals surface area contributed by atoms with Gasteiger partial charge in [-0.1, -0.05) is 59.7 Å². The fourth-order valence-corrected chi connectivity index (χ4v) is 8.64. The molecule has 0 aliphatic heterocycles. The lowest BCUT2D eigenvalue weighted by molar-refractivity contribution is 0.0365. The topological polar surface area (TPSA) is 110 Å². The molecule has 1 fully saturated rings. The molecule has 5 rings (SSSR count). The predicted octanol–water partition coefficient (Wildman–Crippen LogP) is 9.29. The molecular weight excluding hydrogens is 677 g/mol. The fraction of sp³-hybridized carbons (Fsp3) is 0.579. The first-order chi connectivity index (χ1) is 23.1. The number of hydrogen-bond acceptors (Lipinski definition) is 8. The molecule has 3 aromatic heterocycles. The van der Waals surface area contributed by atoms with E-state index in [1.54, 1.807) is 6.20 Å². The number of aromatic nitrogens is 5. The van der Waals surface area contributed by atoms with Crippen LogP contribution < -0.4 is 4.72 Å². The Balaban J connectivity index is 1.41. The average molecular weight is 735 g/mol. The van der Waals surface area contributed by atoms with Crippen LogP contribution in [0.25, 0.3) is 28.0 Å². The number of benzene rings is 1. The summed E-state index contributed by atoms with van der Waals surface area (Å²) in [5.74, 6) is 0.977. The van der Waals surface area contributed by atoms with Gasteiger partial charge in [0.15, 0.2) is 22.5 Å². The monoisotopic (exact) mass is 734 g/mol. The van der Waals surface area contributed by atoms with Crippen molar-refractivity contribution in [2.75, 3.05) is 0 Å². The van der Waals surface area contributed by atoms with Gasteiger partial charge in [0.25, 0.3) is 0 Å². The molecular formula is C38H58N6O3SSi2. The zero-order chi connectivity index (χ0) is 36.9. The van der Waals surface area contributed by atoms with Crippen LogP contribution in [0.5, 0.6) is 0 Å². The Kier molecular flexibility index (Phi) is 11.0. The minimum absolute atomic E-state index is 0.124. The van der Waals surface area contributed by atoms with E-state index in [4.69, 9.17) is 23.9 Å². The molecule has 1 aliphatic carbocycles. The standard InChI is InChI=1S/C38H58N6O3SSi2/c1-36(2,3)48(45)43-35(28-19-30(20-28)47-50(12,13)38(7,8)9)32-24-39-23-31(42-32)26-17-18-27-22-40-44(33(27)21-26)34-16-14-15-29(41-34)25-46-49(10,11)37(4,5)6/h14-18,21-24,28,30,35,43H,19-20,25H2,1-13H3/t28-,30+,35?,48-/m1/s1. The molecule has 3 heterocycles. The first kappa shape index (κ1) is 38.8. The van der Waals surface area contributed by atoms with E-state index in [2.05, 4.69) is 95.6 Å². The number of rotatable bonds is 11. The molecule has 1 N–H and O–H groups in total. The van der Waals surface area contributed by atoms with Gasteiger partial charge in [0.05, 0.1) is 53.8 Å². The van der Waals surface area contributed by atoms with Crippen LogP contribution in [-0.4, -0.2) is 56.8 Å². The number of pyridine rings is 1. The van der Waals surface area contributed by atoms with Gasteiger partial charge in [0.2, 0.25) is 0 Å². The number of nitrogens with zero attached hydrogens (tertiary/aromatic N) is 5. The van der Waals surface area contributed by atoms with Crippen LogP contribution in [0.15, 0.2) is 55.0 Å².